The highest BCUT2D eigenvalue weighted by atomic mass is 16.3. The second-order valence-electron chi connectivity index (χ2n) is 10.4. The van der Waals surface area contributed by atoms with E-state index in [1.54, 1.807) is 4.90 Å². The van der Waals surface area contributed by atoms with E-state index in [-0.39, 0.29) is 76.3 Å². The highest BCUT2D eigenvalue weighted by molar-refractivity contribution is 5.79. The van der Waals surface area contributed by atoms with E-state index in [0.29, 0.717) is 12.3 Å². The van der Waals surface area contributed by atoms with Gasteiger partial charge in [-0.2, -0.15) is 0 Å². The van der Waals surface area contributed by atoms with Gasteiger partial charge in [-0.15, -0.1) is 0 Å². The van der Waals surface area contributed by atoms with Gasteiger partial charge in [0.2, 0.25) is 11.8 Å². The maximum atomic E-state index is 13.4. The van der Waals surface area contributed by atoms with Crippen LogP contribution in [0.15, 0.2) is 12.2 Å². The molecule has 8 nitrogen and oxygen atoms in total. The Morgan fingerprint density at radius 1 is 0.703 bits per heavy atom. The van der Waals surface area contributed by atoms with Crippen LogP contribution >= 0.6 is 0 Å². The molecule has 0 bridgehead atoms. The number of hydrogen-bond donors (Lipinski definition) is 4. The van der Waals surface area contributed by atoms with Crippen molar-refractivity contribution < 1.29 is 30.0 Å². The molecule has 0 spiro atoms. The zero-order valence-corrected chi connectivity index (χ0v) is 23.2. The smallest absolute Gasteiger partial charge is 0.226 e. The monoisotopic (exact) mass is 526 g/mol. The lowest BCUT2D eigenvalue weighted by atomic mass is 9.74. The first-order valence-electron chi connectivity index (χ1n) is 14.7. The maximum absolute atomic E-state index is 13.4. The van der Waals surface area contributed by atoms with Gasteiger partial charge < -0.3 is 30.2 Å². The molecule has 1 rings (SSSR count). The minimum Gasteiger partial charge on any atom is -0.395 e. The molecule has 0 aromatic heterocycles. The Labute approximate surface area is 224 Å². The van der Waals surface area contributed by atoms with E-state index in [2.05, 4.69) is 19.1 Å². The largest absolute Gasteiger partial charge is 0.395 e. The third-order valence-corrected chi connectivity index (χ3v) is 7.52. The van der Waals surface area contributed by atoms with E-state index in [0.717, 1.165) is 57.8 Å². The van der Waals surface area contributed by atoms with Gasteiger partial charge >= 0.3 is 0 Å². The summed E-state index contributed by atoms with van der Waals surface area (Å²) in [5.74, 6) is 0.583. The molecule has 0 saturated heterocycles. The normalized spacial score (nSPS) is 19.2. The van der Waals surface area contributed by atoms with E-state index < -0.39 is 0 Å². The predicted octanol–water partition coefficient (Wildman–Crippen LogP) is 3.12. The summed E-state index contributed by atoms with van der Waals surface area (Å²) in [5, 5.41) is 36.9. The summed E-state index contributed by atoms with van der Waals surface area (Å²) in [6, 6.07) is 0. The van der Waals surface area contributed by atoms with Gasteiger partial charge in [0.25, 0.3) is 0 Å². The molecule has 4 N–H and O–H groups in total. The first-order valence-corrected chi connectivity index (χ1v) is 14.7. The molecular formula is C29H54N2O6. The molecule has 0 heterocycles. The van der Waals surface area contributed by atoms with Crippen LogP contribution < -0.4 is 0 Å². The van der Waals surface area contributed by atoms with Crippen molar-refractivity contribution in [3.63, 3.8) is 0 Å². The van der Waals surface area contributed by atoms with Crippen molar-refractivity contribution in [2.75, 3.05) is 52.6 Å². The van der Waals surface area contributed by atoms with E-state index >= 15 is 0 Å². The first-order chi connectivity index (χ1) is 18.0. The number of aliphatic hydroxyl groups is 4. The van der Waals surface area contributed by atoms with Gasteiger partial charge in [0.05, 0.1) is 26.4 Å². The van der Waals surface area contributed by atoms with Gasteiger partial charge in [0, 0.05) is 38.5 Å². The van der Waals surface area contributed by atoms with Crippen LogP contribution in [0.3, 0.4) is 0 Å². The van der Waals surface area contributed by atoms with Crippen molar-refractivity contribution in [3.05, 3.63) is 12.2 Å². The number of hydrogen-bond acceptors (Lipinski definition) is 6. The number of amides is 2. The molecule has 37 heavy (non-hydrogen) atoms. The Morgan fingerprint density at radius 3 is 1.86 bits per heavy atom. The molecule has 0 aromatic carbocycles. The van der Waals surface area contributed by atoms with E-state index in [1.807, 2.05) is 0 Å². The zero-order chi connectivity index (χ0) is 27.3. The highest BCUT2D eigenvalue weighted by Crippen LogP contribution is 2.35. The molecule has 3 unspecified atom stereocenters. The van der Waals surface area contributed by atoms with Crippen molar-refractivity contribution in [1.82, 2.24) is 9.80 Å². The minimum atomic E-state index is -0.0919. The summed E-state index contributed by atoms with van der Waals surface area (Å²) in [6.45, 7) is 2.93. The van der Waals surface area contributed by atoms with Crippen molar-refractivity contribution in [2.45, 2.75) is 90.4 Å². The molecule has 1 aliphatic rings. The average Bonchev–Trinajstić information content (AvgIpc) is 2.90. The van der Waals surface area contributed by atoms with Crippen LogP contribution in [0.1, 0.15) is 90.4 Å². The Kier molecular flexibility index (Phi) is 19.5. The number of rotatable bonds is 22. The Hall–Kier alpha value is -1.48. The van der Waals surface area contributed by atoms with Crippen LogP contribution in [0.25, 0.3) is 0 Å². The van der Waals surface area contributed by atoms with E-state index in [4.69, 9.17) is 10.2 Å². The SMILES string of the molecule is CCCCCCC1C=CC(CCCCCCCC(=O)N(CCO)CCO)CC1C(=O)N(CCO)CCO. The summed E-state index contributed by atoms with van der Waals surface area (Å²) in [4.78, 5) is 28.7. The molecule has 0 radical (unpaired) electrons. The minimum absolute atomic E-state index is 0.00756. The fraction of sp³-hybridized carbons (Fsp3) is 0.862. The second-order valence-corrected chi connectivity index (χ2v) is 10.4. The number of carbonyl (C=O) groups is 2. The summed E-state index contributed by atoms with van der Waals surface area (Å²) in [5.41, 5.74) is 0. The van der Waals surface area contributed by atoms with Crippen molar-refractivity contribution in [3.8, 4) is 0 Å². The van der Waals surface area contributed by atoms with Crippen LogP contribution in [-0.4, -0.2) is 94.6 Å². The number of nitrogens with zero attached hydrogens (tertiary/aromatic N) is 2. The number of aliphatic hydroxyl groups excluding tert-OH is 4. The molecule has 3 atom stereocenters. The quantitative estimate of drug-likeness (QED) is 0.127. The molecule has 8 heteroatoms. The zero-order valence-electron chi connectivity index (χ0n) is 23.2. The van der Waals surface area contributed by atoms with Crippen molar-refractivity contribution in [1.29, 1.82) is 0 Å². The van der Waals surface area contributed by atoms with Gasteiger partial charge in [-0.05, 0) is 37.5 Å². The molecule has 0 aliphatic heterocycles. The fourth-order valence-electron chi connectivity index (χ4n) is 5.40. The standard InChI is InChI=1S/C29H54N2O6/c1-2-3-4-9-12-26-15-14-25(24-27(26)29(37)31(18-22-34)19-23-35)11-8-6-5-7-10-13-28(36)30(16-20-32)17-21-33/h14-15,25-27,32-35H,2-13,16-24H2,1H3. The third-order valence-electron chi connectivity index (χ3n) is 7.52. The van der Waals surface area contributed by atoms with Crippen LogP contribution in [0.2, 0.25) is 0 Å². The Balaban J connectivity index is 2.49. The molecule has 0 fully saturated rings. The fourth-order valence-corrected chi connectivity index (χ4v) is 5.40. The summed E-state index contributed by atoms with van der Waals surface area (Å²) >= 11 is 0. The van der Waals surface area contributed by atoms with Gasteiger partial charge in [-0.3, -0.25) is 9.59 Å². The maximum Gasteiger partial charge on any atom is 0.226 e. The lowest BCUT2D eigenvalue weighted by Gasteiger charge is -2.35. The van der Waals surface area contributed by atoms with E-state index in [1.165, 1.54) is 24.2 Å². The highest BCUT2D eigenvalue weighted by Gasteiger charge is 2.34. The number of carbonyl (C=O) groups excluding carboxylic acids is 2. The molecular weight excluding hydrogens is 472 g/mol. The number of allylic oxidation sites excluding steroid dienone is 2. The van der Waals surface area contributed by atoms with Gasteiger partial charge in [-0.1, -0.05) is 70.4 Å². The lowest BCUT2D eigenvalue weighted by molar-refractivity contribution is -0.139. The average molecular weight is 527 g/mol. The molecule has 0 saturated carbocycles. The van der Waals surface area contributed by atoms with Gasteiger partial charge in [0.1, 0.15) is 0 Å². The summed E-state index contributed by atoms with van der Waals surface area (Å²) in [7, 11) is 0. The topological polar surface area (TPSA) is 122 Å². The molecule has 216 valence electrons. The Morgan fingerprint density at radius 2 is 1.24 bits per heavy atom. The van der Waals surface area contributed by atoms with Gasteiger partial charge in [-0.25, -0.2) is 0 Å². The van der Waals surface area contributed by atoms with Gasteiger partial charge in [0.15, 0.2) is 0 Å². The summed E-state index contributed by atoms with van der Waals surface area (Å²) in [6.07, 6.45) is 17.7. The van der Waals surface area contributed by atoms with Crippen LogP contribution in [0.4, 0.5) is 0 Å². The second kappa shape index (κ2) is 21.5. The van der Waals surface area contributed by atoms with Crippen LogP contribution in [-0.2, 0) is 9.59 Å². The van der Waals surface area contributed by atoms with Crippen molar-refractivity contribution in [2.24, 2.45) is 17.8 Å². The predicted molar refractivity (Wildman–Crippen MR) is 147 cm³/mol. The summed E-state index contributed by atoms with van der Waals surface area (Å²) < 4.78 is 0. The Bertz CT molecular complexity index is 618. The third kappa shape index (κ3) is 13.8. The lowest BCUT2D eigenvalue weighted by Crippen LogP contribution is -2.43. The molecule has 1 aliphatic carbocycles. The molecule has 0 aromatic rings. The van der Waals surface area contributed by atoms with E-state index in [9.17, 15) is 19.8 Å². The van der Waals surface area contributed by atoms with Crippen LogP contribution in [0.5, 0.6) is 0 Å². The van der Waals surface area contributed by atoms with Crippen molar-refractivity contribution >= 4 is 11.8 Å². The van der Waals surface area contributed by atoms with Crippen LogP contribution in [0, 0.1) is 17.8 Å². The first kappa shape index (κ1) is 33.5. The number of unbranched alkanes of at least 4 members (excludes halogenated alkanes) is 7. The molecule has 2 amide bonds.